The maximum absolute atomic E-state index is 12.8. The predicted octanol–water partition coefficient (Wildman–Crippen LogP) is 22.6. The number of rotatable bonds is 64. The molecular weight excluding hydrogens is 1960 g/mol. The van der Waals surface area contributed by atoms with Gasteiger partial charge < -0.3 is 86.9 Å². The third kappa shape index (κ3) is 126. The first-order valence-electron chi connectivity index (χ1n) is 48.1. The number of nitrogens with zero attached hydrogens (tertiary/aromatic N) is 19. The Morgan fingerprint density at radius 1 is 0.322 bits per heavy atom. The van der Waals surface area contributed by atoms with Crippen molar-refractivity contribution < 1.29 is 115 Å². The molecule has 0 spiro atoms. The molecule has 143 heavy (non-hydrogen) atoms. The van der Waals surface area contributed by atoms with Crippen molar-refractivity contribution in [2.24, 2.45) is 47.9 Å². The standard InChI is InChI=1S/C26H49N5O6.C17H22F9N5O3.2C11H25N5.C11H27N3.C10H18O5.CH2Cl2.CH3N3O2S.CH4/c1-24(2,3)35-21(32)15-10-11-17-30(22(33)36-25(4,5)6)18-12-13-19-31(20-14-16-28-29-27)23(34)37-26(7,8)9;18-15(19,20)12(32)6-1-2-8-30(13(33)16(21,22)23)9-3-4-10-31(11-5-7-28-29-27)14(34)17(24,25)26;2*12-8-5-3-1-2-4-6-9-14-10-7-11-15-16-13;12-8-5-3-1-2-4-6-10-14-11-7-9-13;1-9(2,3)14-7(11)13-8(12)15-10(4,5)6;2-1-3;1-7(5,6)4-3-2;/h10-20H2,1-9H3;1-11H2;2*14H,1-12H2;14H,1-13H2;1-6H3;1H2;1H3;1H4. The summed E-state index contributed by atoms with van der Waals surface area (Å²) < 4.78 is 165. The lowest BCUT2D eigenvalue weighted by Crippen LogP contribution is -2.43. The van der Waals surface area contributed by atoms with E-state index in [9.17, 15) is 86.3 Å². The lowest BCUT2D eigenvalue weighted by Gasteiger charge is -2.29. The molecule has 0 atom stereocenters. The van der Waals surface area contributed by atoms with E-state index in [1.807, 2.05) is 67.2 Å². The molecule has 0 bridgehead atoms. The van der Waals surface area contributed by atoms with Gasteiger partial charge in [0.15, 0.2) is 0 Å². The highest BCUT2D eigenvalue weighted by molar-refractivity contribution is 7.89. The molecule has 0 aromatic heterocycles. The zero-order valence-corrected chi connectivity index (χ0v) is 89.3. The Labute approximate surface area is 852 Å². The number of carbonyl (C=O) groups is 8. The van der Waals surface area contributed by atoms with Gasteiger partial charge in [-0.2, -0.15) is 39.5 Å². The molecule has 840 valence electrons. The number of halogens is 11. The highest BCUT2D eigenvalue weighted by Gasteiger charge is 2.44. The number of esters is 1. The molecule has 0 aliphatic heterocycles. The maximum Gasteiger partial charge on any atom is 0.519 e. The van der Waals surface area contributed by atoms with Gasteiger partial charge in [-0.25, -0.2) is 27.6 Å². The summed E-state index contributed by atoms with van der Waals surface area (Å²) in [5, 5.41) is 23.9. The number of nitrogens with one attached hydrogen (secondary N) is 3. The second-order valence-corrected chi connectivity index (χ2v) is 39.2. The Bertz CT molecular complexity index is 3540. The molecule has 0 fully saturated rings. The van der Waals surface area contributed by atoms with E-state index in [1.165, 1.54) is 103 Å². The van der Waals surface area contributed by atoms with Gasteiger partial charge in [0.25, 0.3) is 0 Å². The van der Waals surface area contributed by atoms with Crippen molar-refractivity contribution in [1.82, 2.24) is 35.6 Å². The number of hydrogen-bond donors (Lipinski definition) is 7. The van der Waals surface area contributed by atoms with Crippen LogP contribution in [0.4, 0.5) is 58.7 Å². The van der Waals surface area contributed by atoms with Crippen LogP contribution in [-0.2, 0) is 57.6 Å². The van der Waals surface area contributed by atoms with E-state index in [0.29, 0.717) is 89.2 Å². The van der Waals surface area contributed by atoms with Gasteiger partial charge in [-0.3, -0.25) is 19.2 Å². The van der Waals surface area contributed by atoms with Crippen LogP contribution in [0.3, 0.4) is 0 Å². The van der Waals surface area contributed by atoms with Gasteiger partial charge in [-0.1, -0.05) is 105 Å². The normalized spacial score (nSPS) is 11.1. The van der Waals surface area contributed by atoms with E-state index in [-0.39, 0.29) is 55.9 Å². The van der Waals surface area contributed by atoms with Gasteiger partial charge in [0.2, 0.25) is 15.8 Å². The van der Waals surface area contributed by atoms with Crippen LogP contribution >= 0.6 is 23.2 Å². The topological polar surface area (TPSA) is 623 Å². The molecule has 11 N–H and O–H groups in total. The largest absolute Gasteiger partial charge is 0.519 e. The molecular formula is C89H175Cl2F9N26O16S. The fraction of sp³-hybridized carbons (Fsp3) is 0.910. The van der Waals surface area contributed by atoms with Crippen LogP contribution in [0.5, 0.6) is 0 Å². The Balaban J connectivity index is -0.000000220. The summed E-state index contributed by atoms with van der Waals surface area (Å²) in [5.74, 6) is -6.78. The molecule has 42 nitrogen and oxygen atoms in total. The highest BCUT2D eigenvalue weighted by atomic mass is 35.5. The maximum atomic E-state index is 12.8. The third-order valence-corrected chi connectivity index (χ3v) is 17.8. The number of ketones is 1. The Morgan fingerprint density at radius 3 is 0.811 bits per heavy atom. The summed E-state index contributed by atoms with van der Waals surface area (Å²) in [6.45, 7) is 36.9. The first kappa shape index (κ1) is 152. The van der Waals surface area contributed by atoms with E-state index in [1.54, 1.807) is 51.3 Å². The van der Waals surface area contributed by atoms with E-state index in [4.69, 9.17) is 97.5 Å². The second kappa shape index (κ2) is 95.7. The number of alkyl halides is 11. The van der Waals surface area contributed by atoms with Crippen LogP contribution in [0.2, 0.25) is 0 Å². The fourth-order valence-corrected chi connectivity index (χ4v) is 11.2. The van der Waals surface area contributed by atoms with Crippen molar-refractivity contribution in [2.45, 2.75) is 370 Å². The van der Waals surface area contributed by atoms with Crippen molar-refractivity contribution >= 4 is 81.3 Å². The molecule has 0 heterocycles. The Kier molecular flexibility index (Phi) is 102. The monoisotopic (exact) mass is 2140 g/mol. The van der Waals surface area contributed by atoms with Crippen molar-refractivity contribution in [1.29, 1.82) is 0 Å². The van der Waals surface area contributed by atoms with E-state index >= 15 is 0 Å². The second-order valence-electron chi connectivity index (χ2n) is 36.7. The quantitative estimate of drug-likeness (QED) is 0.00342. The number of amides is 4. The highest BCUT2D eigenvalue weighted by Crippen LogP contribution is 2.25. The van der Waals surface area contributed by atoms with Gasteiger partial charge in [0.1, 0.15) is 28.0 Å². The van der Waals surface area contributed by atoms with Crippen molar-refractivity contribution in [3.8, 4) is 0 Å². The number of azide groups is 5. The number of ether oxygens (including phenoxy) is 6. The zero-order chi connectivity index (χ0) is 110. The number of nitrogens with two attached hydrogens (primary N) is 4. The third-order valence-electron chi connectivity index (χ3n) is 17.4. The first-order chi connectivity index (χ1) is 66.2. The minimum atomic E-state index is -5.29. The predicted molar refractivity (Wildman–Crippen MR) is 542 cm³/mol. The Morgan fingerprint density at radius 2 is 0.559 bits per heavy atom. The molecule has 0 radical (unpaired) electrons. The molecule has 0 unspecified atom stereocenters. The molecule has 0 saturated carbocycles. The van der Waals surface area contributed by atoms with Gasteiger partial charge in [-0.05, 0) is 319 Å². The molecule has 4 amide bonds. The molecule has 0 aliphatic carbocycles. The molecule has 0 rings (SSSR count). The lowest BCUT2D eigenvalue weighted by atomic mass is 10.1. The van der Waals surface area contributed by atoms with E-state index < -0.39 is 138 Å². The average Bonchev–Trinajstić information content (AvgIpc) is 0.864. The number of Topliss-reactive ketones (excluding diaryl/α,β-unsaturated/α-hetero) is 1. The van der Waals surface area contributed by atoms with Crippen molar-refractivity contribution in [3.63, 3.8) is 0 Å². The Hall–Kier alpha value is -8.47. The average molecular weight is 2140 g/mol. The van der Waals surface area contributed by atoms with Gasteiger partial charge >= 0.3 is 60.8 Å². The summed E-state index contributed by atoms with van der Waals surface area (Å²) in [5.41, 5.74) is 58.7. The minimum absolute atomic E-state index is 0. The summed E-state index contributed by atoms with van der Waals surface area (Å²) in [6, 6.07) is 0. The zero-order valence-electron chi connectivity index (χ0n) is 87.0. The minimum Gasteiger partial charge on any atom is -0.460 e. The summed E-state index contributed by atoms with van der Waals surface area (Å²) in [6.07, 6.45) is 9.40. The van der Waals surface area contributed by atoms with Crippen LogP contribution in [0.15, 0.2) is 25.0 Å². The number of sulfonamides is 1. The van der Waals surface area contributed by atoms with Crippen LogP contribution in [-0.4, -0.2) is 278 Å². The fourth-order valence-electron chi connectivity index (χ4n) is 11.1. The molecule has 54 heteroatoms. The summed E-state index contributed by atoms with van der Waals surface area (Å²) in [4.78, 5) is 110. The summed E-state index contributed by atoms with van der Waals surface area (Å²) in [7, 11) is -3.47. The van der Waals surface area contributed by atoms with E-state index in [0.717, 1.165) is 104 Å². The van der Waals surface area contributed by atoms with E-state index in [2.05, 4.69) is 65.3 Å². The summed E-state index contributed by atoms with van der Waals surface area (Å²) >= 11 is 9.53. The number of unbranched alkanes of at least 4 members (excludes halogenated alkanes) is 19. The number of carbonyl (C=O) groups excluding carboxylic acids is 8. The molecule has 0 saturated heterocycles. The van der Waals surface area contributed by atoms with Gasteiger partial charge in [0, 0.05) is 127 Å². The van der Waals surface area contributed by atoms with Gasteiger partial charge in [0.05, 0.1) is 5.34 Å². The smallest absolute Gasteiger partial charge is 0.460 e. The van der Waals surface area contributed by atoms with Gasteiger partial charge in [-0.15, -0.1) is 23.2 Å². The lowest BCUT2D eigenvalue weighted by molar-refractivity contribution is -0.186. The molecule has 0 aliphatic rings. The van der Waals surface area contributed by atoms with Crippen LogP contribution in [0.1, 0.15) is 323 Å². The first-order valence-corrected chi connectivity index (χ1v) is 51.1. The number of hydrogen-bond acceptors (Lipinski definition) is 27. The molecule has 0 aromatic rings. The van der Waals surface area contributed by atoms with Crippen molar-refractivity contribution in [2.75, 3.05) is 156 Å². The van der Waals surface area contributed by atoms with Crippen LogP contribution in [0.25, 0.3) is 52.2 Å². The molecule has 0 aromatic carbocycles. The van der Waals surface area contributed by atoms with Crippen LogP contribution in [0, 0.1) is 0 Å². The van der Waals surface area contributed by atoms with Crippen molar-refractivity contribution in [3.05, 3.63) is 52.2 Å². The SMILES string of the molecule is C.CC(C)(C)OC(=O)CCCCN(CCCCN(CCCN=[N+]=[N-])C(=O)OC(C)(C)C)C(=O)OC(C)(C)C.CC(C)(C)OC(=O)OC(=O)OC(C)(C)C.CS(=O)(=O)N=[N+]=[N-].ClCCl.NCCCCCCCCNCCCN.[N-]=[N+]=NCCCN(CCCCN(CCCCC(=O)C(F)(F)F)C(=O)C(F)(F)F)C(=O)C(F)(F)F.[N-]=[N+]=NCCCNCCCCCCCCN.[N-]=[N+]=NCCCNCCCCCCCCN. The van der Waals surface area contributed by atoms with Crippen LogP contribution < -0.4 is 38.9 Å².